The van der Waals surface area contributed by atoms with E-state index in [-0.39, 0.29) is 6.29 Å². The van der Waals surface area contributed by atoms with Gasteiger partial charge in [-0.2, -0.15) is 0 Å². The average Bonchev–Trinajstić information content (AvgIpc) is 2.94. The summed E-state index contributed by atoms with van der Waals surface area (Å²) >= 11 is 0. The summed E-state index contributed by atoms with van der Waals surface area (Å²) in [5.74, 6) is 0. The van der Waals surface area contributed by atoms with Crippen LogP contribution in [0, 0.1) is 0 Å². The van der Waals surface area contributed by atoms with Crippen molar-refractivity contribution in [2.24, 2.45) is 0 Å². The van der Waals surface area contributed by atoms with E-state index in [0.717, 1.165) is 36.5 Å². The highest BCUT2D eigenvalue weighted by atomic mass is 16.7. The van der Waals surface area contributed by atoms with Gasteiger partial charge in [0.15, 0.2) is 6.29 Å². The maximum atomic E-state index is 5.62. The quantitative estimate of drug-likeness (QED) is 0.797. The second-order valence-corrected chi connectivity index (χ2v) is 3.90. The van der Waals surface area contributed by atoms with Gasteiger partial charge in [-0.3, -0.25) is 0 Å². The molecule has 0 aliphatic carbocycles. The molecule has 0 unspecified atom stereocenters. The number of nitrogens with zero attached hydrogens (tertiary/aromatic N) is 1. The Kier molecular flexibility index (Phi) is 2.90. The fraction of sp³-hybridized carbons (Fsp3) is 0.308. The molecule has 0 saturated carbocycles. The van der Waals surface area contributed by atoms with Crippen LogP contribution in [0.3, 0.4) is 0 Å². The molecule has 1 aliphatic rings. The van der Waals surface area contributed by atoms with E-state index in [4.69, 9.17) is 14.0 Å². The molecule has 2 heterocycles. The predicted octanol–water partition coefficient (Wildman–Crippen LogP) is 2.78. The molecule has 0 spiro atoms. The number of hydrogen-bond donors (Lipinski definition) is 0. The Morgan fingerprint density at radius 2 is 1.88 bits per heavy atom. The largest absolute Gasteiger partial charge is 0.364 e. The monoisotopic (exact) mass is 231 g/mol. The third kappa shape index (κ3) is 2.09. The smallest absolute Gasteiger partial charge is 0.184 e. The molecule has 4 heteroatoms. The SMILES string of the molecule is c1ccc(C2OCCCO2)c(-c2ccon2)c1. The molecule has 17 heavy (non-hydrogen) atoms. The molecular formula is C13H13NO3. The van der Waals surface area contributed by atoms with E-state index in [1.165, 1.54) is 0 Å². The molecule has 0 atom stereocenters. The van der Waals surface area contributed by atoms with Crippen molar-refractivity contribution in [1.82, 2.24) is 5.16 Å². The van der Waals surface area contributed by atoms with Crippen LogP contribution < -0.4 is 0 Å². The molecule has 3 rings (SSSR count). The predicted molar refractivity (Wildman–Crippen MR) is 61.2 cm³/mol. The lowest BCUT2D eigenvalue weighted by atomic mass is 10.0. The van der Waals surface area contributed by atoms with Gasteiger partial charge >= 0.3 is 0 Å². The topological polar surface area (TPSA) is 44.5 Å². The van der Waals surface area contributed by atoms with Gasteiger partial charge in [0.05, 0.1) is 13.2 Å². The zero-order chi connectivity index (χ0) is 11.5. The second-order valence-electron chi connectivity index (χ2n) is 3.90. The van der Waals surface area contributed by atoms with Gasteiger partial charge in [0.2, 0.25) is 0 Å². The molecule has 1 fully saturated rings. The van der Waals surface area contributed by atoms with Crippen LogP contribution in [-0.2, 0) is 9.47 Å². The molecular weight excluding hydrogens is 218 g/mol. The Morgan fingerprint density at radius 3 is 2.65 bits per heavy atom. The van der Waals surface area contributed by atoms with Crippen LogP contribution in [0.15, 0.2) is 41.1 Å². The highest BCUT2D eigenvalue weighted by Gasteiger charge is 2.20. The molecule has 1 aromatic carbocycles. The standard InChI is InChI=1S/C13H13NO3/c1-2-5-11(13-15-7-3-8-16-13)10(4-1)12-6-9-17-14-12/h1-2,4-6,9,13H,3,7-8H2. The van der Waals surface area contributed by atoms with Crippen LogP contribution in [0.1, 0.15) is 18.3 Å². The van der Waals surface area contributed by atoms with Crippen molar-refractivity contribution in [3.8, 4) is 11.3 Å². The minimum atomic E-state index is -0.295. The van der Waals surface area contributed by atoms with Gasteiger partial charge in [-0.15, -0.1) is 0 Å². The number of hydrogen-bond acceptors (Lipinski definition) is 4. The number of rotatable bonds is 2. The first-order chi connectivity index (χ1) is 8.45. The summed E-state index contributed by atoms with van der Waals surface area (Å²) in [6.45, 7) is 1.47. The second kappa shape index (κ2) is 4.69. The normalized spacial score (nSPS) is 17.2. The number of aromatic nitrogens is 1. The van der Waals surface area contributed by atoms with Gasteiger partial charge in [0.25, 0.3) is 0 Å². The summed E-state index contributed by atoms with van der Waals surface area (Å²) in [5, 5.41) is 3.96. The molecule has 1 aromatic heterocycles. The van der Waals surface area contributed by atoms with E-state index in [0.29, 0.717) is 0 Å². The summed E-state index contributed by atoms with van der Waals surface area (Å²) in [4.78, 5) is 0. The van der Waals surface area contributed by atoms with E-state index in [2.05, 4.69) is 5.16 Å². The van der Waals surface area contributed by atoms with Gasteiger partial charge in [-0.1, -0.05) is 29.4 Å². The maximum absolute atomic E-state index is 5.62. The van der Waals surface area contributed by atoms with Crippen molar-refractivity contribution >= 4 is 0 Å². The van der Waals surface area contributed by atoms with Crippen LogP contribution in [0.4, 0.5) is 0 Å². The summed E-state index contributed by atoms with van der Waals surface area (Å²) in [5.41, 5.74) is 2.80. The third-order valence-electron chi connectivity index (χ3n) is 2.76. The Morgan fingerprint density at radius 1 is 1.06 bits per heavy atom. The molecule has 4 nitrogen and oxygen atoms in total. The Balaban J connectivity index is 1.98. The van der Waals surface area contributed by atoms with Crippen molar-refractivity contribution < 1.29 is 14.0 Å². The molecule has 1 saturated heterocycles. The zero-order valence-electron chi connectivity index (χ0n) is 9.33. The highest BCUT2D eigenvalue weighted by molar-refractivity contribution is 5.63. The van der Waals surface area contributed by atoms with Crippen LogP contribution >= 0.6 is 0 Å². The van der Waals surface area contributed by atoms with Gasteiger partial charge < -0.3 is 14.0 Å². The molecule has 88 valence electrons. The van der Waals surface area contributed by atoms with Crippen LogP contribution in [-0.4, -0.2) is 18.4 Å². The van der Waals surface area contributed by atoms with Crippen LogP contribution in [0.2, 0.25) is 0 Å². The number of benzene rings is 1. The lowest BCUT2D eigenvalue weighted by Gasteiger charge is -2.24. The molecule has 0 amide bonds. The molecule has 0 radical (unpaired) electrons. The first-order valence-electron chi connectivity index (χ1n) is 5.68. The minimum absolute atomic E-state index is 0.295. The van der Waals surface area contributed by atoms with Gasteiger partial charge in [0.1, 0.15) is 12.0 Å². The lowest BCUT2D eigenvalue weighted by Crippen LogP contribution is -2.18. The van der Waals surface area contributed by atoms with Crippen molar-refractivity contribution in [3.05, 3.63) is 42.2 Å². The fourth-order valence-electron chi connectivity index (χ4n) is 1.95. The molecule has 0 N–H and O–H groups in total. The summed E-state index contributed by atoms with van der Waals surface area (Å²) in [7, 11) is 0. The summed E-state index contributed by atoms with van der Waals surface area (Å²) in [6, 6.07) is 9.77. The zero-order valence-corrected chi connectivity index (χ0v) is 9.33. The van der Waals surface area contributed by atoms with Crippen molar-refractivity contribution in [2.75, 3.05) is 13.2 Å². The Hall–Kier alpha value is -1.65. The van der Waals surface area contributed by atoms with Crippen molar-refractivity contribution in [3.63, 3.8) is 0 Å². The lowest BCUT2D eigenvalue weighted by molar-refractivity contribution is -0.182. The van der Waals surface area contributed by atoms with Crippen LogP contribution in [0.5, 0.6) is 0 Å². The van der Waals surface area contributed by atoms with Crippen molar-refractivity contribution in [1.29, 1.82) is 0 Å². The van der Waals surface area contributed by atoms with Gasteiger partial charge in [0, 0.05) is 17.2 Å². The van der Waals surface area contributed by atoms with Gasteiger partial charge in [-0.25, -0.2) is 0 Å². The first kappa shape index (κ1) is 10.5. The Labute approximate surface area is 99.1 Å². The summed E-state index contributed by atoms with van der Waals surface area (Å²) in [6.07, 6.45) is 2.22. The van der Waals surface area contributed by atoms with Crippen molar-refractivity contribution in [2.45, 2.75) is 12.7 Å². The highest BCUT2D eigenvalue weighted by Crippen LogP contribution is 2.31. The van der Waals surface area contributed by atoms with E-state index >= 15 is 0 Å². The molecule has 1 aliphatic heterocycles. The van der Waals surface area contributed by atoms with E-state index in [1.54, 1.807) is 6.26 Å². The molecule has 0 bridgehead atoms. The summed E-state index contributed by atoms with van der Waals surface area (Å²) < 4.78 is 16.1. The fourth-order valence-corrected chi connectivity index (χ4v) is 1.95. The number of ether oxygens (including phenoxy) is 2. The van der Waals surface area contributed by atoms with E-state index < -0.39 is 0 Å². The van der Waals surface area contributed by atoms with E-state index in [1.807, 2.05) is 30.3 Å². The van der Waals surface area contributed by atoms with E-state index in [9.17, 15) is 0 Å². The third-order valence-corrected chi connectivity index (χ3v) is 2.76. The molecule has 2 aromatic rings. The first-order valence-corrected chi connectivity index (χ1v) is 5.68. The maximum Gasteiger partial charge on any atom is 0.184 e. The van der Waals surface area contributed by atoms with Gasteiger partial charge in [-0.05, 0) is 6.42 Å². The van der Waals surface area contributed by atoms with Crippen LogP contribution in [0.25, 0.3) is 11.3 Å². The average molecular weight is 231 g/mol. The minimum Gasteiger partial charge on any atom is -0.364 e. The Bertz CT molecular complexity index is 475.